The van der Waals surface area contributed by atoms with Crippen LogP contribution in [0.2, 0.25) is 0 Å². The molecule has 2 nitrogen and oxygen atoms in total. The molecule has 0 unspecified atom stereocenters. The number of hydrogen-bond acceptors (Lipinski definition) is 1. The number of aliphatic carboxylic acids is 1. The zero-order chi connectivity index (χ0) is 16.3. The van der Waals surface area contributed by atoms with Gasteiger partial charge in [-0.25, -0.2) is 4.79 Å². The van der Waals surface area contributed by atoms with Crippen molar-refractivity contribution in [3.8, 4) is 0 Å². The Morgan fingerprint density at radius 2 is 2.00 bits per heavy atom. The van der Waals surface area contributed by atoms with Crippen LogP contribution in [-0.4, -0.2) is 11.1 Å². The van der Waals surface area contributed by atoms with Gasteiger partial charge in [-0.3, -0.25) is 0 Å². The molecule has 0 bridgehead atoms. The van der Waals surface area contributed by atoms with E-state index in [0.29, 0.717) is 35.7 Å². The van der Waals surface area contributed by atoms with E-state index in [1.807, 2.05) is 6.08 Å². The summed E-state index contributed by atoms with van der Waals surface area (Å²) >= 11 is 0. The lowest BCUT2D eigenvalue weighted by atomic mass is 9.64. The summed E-state index contributed by atoms with van der Waals surface area (Å²) in [5, 5.41) is 9.38. The monoisotopic (exact) mass is 302 g/mol. The van der Waals surface area contributed by atoms with Crippen LogP contribution >= 0.6 is 0 Å². The van der Waals surface area contributed by atoms with E-state index < -0.39 is 5.97 Å². The maximum Gasteiger partial charge on any atom is 0.331 e. The van der Waals surface area contributed by atoms with Crippen molar-refractivity contribution in [2.75, 3.05) is 0 Å². The first kappa shape index (κ1) is 17.1. The largest absolute Gasteiger partial charge is 0.478 e. The van der Waals surface area contributed by atoms with Crippen LogP contribution < -0.4 is 0 Å². The van der Waals surface area contributed by atoms with Gasteiger partial charge >= 0.3 is 5.97 Å². The molecule has 0 amide bonds. The van der Waals surface area contributed by atoms with E-state index in [2.05, 4.69) is 33.4 Å². The Bertz CT molecular complexity index is 496. The number of carboxylic acids is 1. The van der Waals surface area contributed by atoms with E-state index in [1.54, 1.807) is 0 Å². The molecule has 0 aliphatic heterocycles. The number of fused-ring (bicyclic) bond motifs is 1. The van der Waals surface area contributed by atoms with Crippen LogP contribution in [0.5, 0.6) is 0 Å². The molecular weight excluding hydrogens is 272 g/mol. The van der Waals surface area contributed by atoms with E-state index in [4.69, 9.17) is 0 Å². The summed E-state index contributed by atoms with van der Waals surface area (Å²) in [6.07, 6.45) is 10.1. The lowest BCUT2D eigenvalue weighted by molar-refractivity contribution is -0.132. The smallest absolute Gasteiger partial charge is 0.331 e. The SMILES string of the molecule is C=C1CC[C@H](C(C)C)[C@@H]2/C=C(\C)CC/C=C(/C(=O)O)CC[C@H]12. The van der Waals surface area contributed by atoms with Crippen LogP contribution in [0.4, 0.5) is 0 Å². The number of carbonyl (C=O) groups is 1. The molecule has 2 heteroatoms. The van der Waals surface area contributed by atoms with Crippen LogP contribution in [0.25, 0.3) is 0 Å². The van der Waals surface area contributed by atoms with Gasteiger partial charge in [-0.1, -0.05) is 43.7 Å². The third-order valence-electron chi connectivity index (χ3n) is 5.54. The summed E-state index contributed by atoms with van der Waals surface area (Å²) in [6, 6.07) is 0. The van der Waals surface area contributed by atoms with E-state index in [-0.39, 0.29) is 0 Å². The molecule has 2 rings (SSSR count). The molecule has 1 fully saturated rings. The highest BCUT2D eigenvalue weighted by atomic mass is 16.4. The van der Waals surface area contributed by atoms with E-state index >= 15 is 0 Å². The number of hydrogen-bond donors (Lipinski definition) is 1. The molecular formula is C20H30O2. The first-order chi connectivity index (χ1) is 10.4. The maximum atomic E-state index is 11.4. The van der Waals surface area contributed by atoms with Gasteiger partial charge in [0.05, 0.1) is 0 Å². The van der Waals surface area contributed by atoms with E-state index in [0.717, 1.165) is 25.7 Å². The van der Waals surface area contributed by atoms with Gasteiger partial charge in [-0.2, -0.15) is 0 Å². The Balaban J connectivity index is 2.31. The van der Waals surface area contributed by atoms with Crippen molar-refractivity contribution in [2.45, 2.75) is 59.3 Å². The van der Waals surface area contributed by atoms with E-state index in [9.17, 15) is 9.90 Å². The van der Waals surface area contributed by atoms with Crippen molar-refractivity contribution in [2.24, 2.45) is 23.7 Å². The molecule has 1 N–H and O–H groups in total. The summed E-state index contributed by atoms with van der Waals surface area (Å²) in [5.41, 5.74) is 3.32. The minimum absolute atomic E-state index is 0.442. The molecule has 3 atom stereocenters. The van der Waals surface area contributed by atoms with Crippen molar-refractivity contribution in [1.29, 1.82) is 0 Å². The molecule has 0 heterocycles. The van der Waals surface area contributed by atoms with Gasteiger partial charge in [0.25, 0.3) is 0 Å². The van der Waals surface area contributed by atoms with Gasteiger partial charge in [-0.05, 0) is 69.1 Å². The Morgan fingerprint density at radius 3 is 2.64 bits per heavy atom. The molecule has 0 radical (unpaired) electrons. The Hall–Kier alpha value is -1.31. The van der Waals surface area contributed by atoms with Gasteiger partial charge in [0.2, 0.25) is 0 Å². The average molecular weight is 302 g/mol. The summed E-state index contributed by atoms with van der Waals surface area (Å²) in [4.78, 5) is 11.4. The molecule has 0 spiro atoms. The zero-order valence-electron chi connectivity index (χ0n) is 14.3. The van der Waals surface area contributed by atoms with Crippen molar-refractivity contribution >= 4 is 5.97 Å². The average Bonchev–Trinajstić information content (AvgIpc) is 2.44. The fourth-order valence-corrected chi connectivity index (χ4v) is 4.21. The topological polar surface area (TPSA) is 37.3 Å². The molecule has 0 aromatic rings. The van der Waals surface area contributed by atoms with Crippen LogP contribution in [-0.2, 0) is 4.79 Å². The molecule has 122 valence electrons. The fraction of sp³-hybridized carbons (Fsp3) is 0.650. The predicted octanol–water partition coefficient (Wildman–Crippen LogP) is 5.37. The molecule has 2 aliphatic carbocycles. The second-order valence-corrected chi connectivity index (χ2v) is 7.41. The van der Waals surface area contributed by atoms with Gasteiger partial charge in [-0.15, -0.1) is 0 Å². The highest BCUT2D eigenvalue weighted by Crippen LogP contribution is 2.45. The lowest BCUT2D eigenvalue weighted by Gasteiger charge is -2.41. The minimum Gasteiger partial charge on any atom is -0.478 e. The molecule has 0 aromatic carbocycles. The Morgan fingerprint density at radius 1 is 1.27 bits per heavy atom. The minimum atomic E-state index is -0.749. The first-order valence-corrected chi connectivity index (χ1v) is 8.67. The van der Waals surface area contributed by atoms with Crippen molar-refractivity contribution in [3.05, 3.63) is 35.5 Å². The second kappa shape index (κ2) is 7.30. The molecule has 22 heavy (non-hydrogen) atoms. The summed E-state index contributed by atoms with van der Waals surface area (Å²) in [7, 11) is 0. The van der Waals surface area contributed by atoms with Crippen molar-refractivity contribution < 1.29 is 9.90 Å². The van der Waals surface area contributed by atoms with Crippen LogP contribution in [0.3, 0.4) is 0 Å². The molecule has 0 aromatic heterocycles. The van der Waals surface area contributed by atoms with Gasteiger partial charge in [0.15, 0.2) is 0 Å². The van der Waals surface area contributed by atoms with Crippen LogP contribution in [0.15, 0.2) is 35.5 Å². The maximum absolute atomic E-state index is 11.4. The number of carboxylic acid groups (broad SMARTS) is 1. The van der Waals surface area contributed by atoms with Gasteiger partial charge in [0, 0.05) is 5.57 Å². The molecule has 0 saturated heterocycles. The second-order valence-electron chi connectivity index (χ2n) is 7.41. The summed E-state index contributed by atoms with van der Waals surface area (Å²) in [6.45, 7) is 11.2. The highest BCUT2D eigenvalue weighted by Gasteiger charge is 2.35. The van der Waals surface area contributed by atoms with Gasteiger partial charge < -0.3 is 5.11 Å². The van der Waals surface area contributed by atoms with E-state index in [1.165, 1.54) is 17.6 Å². The Kier molecular flexibility index (Phi) is 5.66. The molecule has 1 saturated carbocycles. The number of allylic oxidation sites excluding steroid dienone is 4. The third-order valence-corrected chi connectivity index (χ3v) is 5.54. The van der Waals surface area contributed by atoms with Crippen molar-refractivity contribution in [3.63, 3.8) is 0 Å². The fourth-order valence-electron chi connectivity index (χ4n) is 4.21. The lowest BCUT2D eigenvalue weighted by Crippen LogP contribution is -2.32. The normalized spacial score (nSPS) is 35.1. The summed E-state index contributed by atoms with van der Waals surface area (Å²) in [5.74, 6) is 1.59. The highest BCUT2D eigenvalue weighted by molar-refractivity contribution is 5.86. The number of rotatable bonds is 2. The quantitative estimate of drug-likeness (QED) is 0.696. The zero-order valence-corrected chi connectivity index (χ0v) is 14.3. The van der Waals surface area contributed by atoms with Crippen molar-refractivity contribution in [1.82, 2.24) is 0 Å². The van der Waals surface area contributed by atoms with Gasteiger partial charge in [0.1, 0.15) is 0 Å². The third kappa shape index (κ3) is 3.91. The van der Waals surface area contributed by atoms with Crippen LogP contribution in [0, 0.1) is 23.7 Å². The predicted molar refractivity (Wildman–Crippen MR) is 91.6 cm³/mol. The van der Waals surface area contributed by atoms with Crippen LogP contribution in [0.1, 0.15) is 59.3 Å². The first-order valence-electron chi connectivity index (χ1n) is 8.67. The Labute approximate surface area is 135 Å². The standard InChI is InChI=1S/C20H30O2/c1-13(2)17-10-8-15(4)18-11-9-16(20(21)22)7-5-6-14(3)12-19(17)18/h7,12-13,17-19H,4-6,8-11H2,1-3H3,(H,21,22)/b14-12+,16-7+/t17-,18-,19+/m1/s1. The summed E-state index contributed by atoms with van der Waals surface area (Å²) < 4.78 is 0. The molecule has 2 aliphatic rings.